The van der Waals surface area contributed by atoms with E-state index in [1.54, 1.807) is 0 Å². The molecule has 1 aromatic carbocycles. The molecule has 0 aliphatic carbocycles. The average molecular weight is 276 g/mol. The van der Waals surface area contributed by atoms with Gasteiger partial charge in [0, 0.05) is 37.7 Å². The van der Waals surface area contributed by atoms with Gasteiger partial charge in [-0.3, -0.25) is 4.79 Å². The van der Waals surface area contributed by atoms with E-state index < -0.39 is 11.5 Å². The van der Waals surface area contributed by atoms with Gasteiger partial charge in [-0.15, -0.1) is 0 Å². The Balaban J connectivity index is 2.09. The first-order valence-corrected chi connectivity index (χ1v) is 6.95. The maximum Gasteiger partial charge on any atom is 0.324 e. The van der Waals surface area contributed by atoms with Gasteiger partial charge in [-0.2, -0.15) is 0 Å². The third-order valence-corrected chi connectivity index (χ3v) is 4.35. The number of nitrogens with zero attached hydrogens (tertiary/aromatic N) is 1. The Bertz CT molecular complexity index is 572. The van der Waals surface area contributed by atoms with Crippen LogP contribution >= 0.6 is 0 Å². The number of carboxylic acids is 1. The summed E-state index contributed by atoms with van der Waals surface area (Å²) >= 11 is 0. The summed E-state index contributed by atoms with van der Waals surface area (Å²) in [4.78, 5) is 13.6. The third kappa shape index (κ3) is 1.93. The van der Waals surface area contributed by atoms with E-state index in [9.17, 15) is 9.90 Å². The summed E-state index contributed by atoms with van der Waals surface area (Å²) in [5, 5.41) is 9.40. The lowest BCUT2D eigenvalue weighted by molar-refractivity contribution is -0.143. The smallest absolute Gasteiger partial charge is 0.324 e. The maximum atomic E-state index is 11.5. The molecule has 2 aliphatic rings. The minimum absolute atomic E-state index is 0.176. The second kappa shape index (κ2) is 4.38. The van der Waals surface area contributed by atoms with Gasteiger partial charge >= 0.3 is 5.97 Å². The van der Waals surface area contributed by atoms with Crippen LogP contribution in [0.25, 0.3) is 0 Å². The highest BCUT2D eigenvalue weighted by atomic mass is 16.5. The van der Waals surface area contributed by atoms with Gasteiger partial charge in [0.05, 0.1) is 0 Å². The monoisotopic (exact) mass is 276 g/mol. The predicted octanol–water partition coefficient (Wildman–Crippen LogP) is 1.17. The summed E-state index contributed by atoms with van der Waals surface area (Å²) in [7, 11) is 2.00. The summed E-state index contributed by atoms with van der Waals surface area (Å²) in [5.74, 6) is -0.00758. The molecule has 3 N–H and O–H groups in total. The van der Waals surface area contributed by atoms with Crippen molar-refractivity contribution >= 4 is 11.7 Å². The zero-order valence-electron chi connectivity index (χ0n) is 11.8. The zero-order valence-corrected chi connectivity index (χ0v) is 11.8. The van der Waals surface area contributed by atoms with Crippen LogP contribution in [-0.4, -0.2) is 36.3 Å². The number of hydrogen-bond acceptors (Lipinski definition) is 4. The van der Waals surface area contributed by atoms with Gasteiger partial charge in [-0.1, -0.05) is 6.07 Å². The summed E-state index contributed by atoms with van der Waals surface area (Å²) < 4.78 is 5.79. The van der Waals surface area contributed by atoms with Gasteiger partial charge < -0.3 is 20.5 Å². The Morgan fingerprint density at radius 1 is 1.55 bits per heavy atom. The molecule has 0 radical (unpaired) electrons. The number of hydrogen-bond donors (Lipinski definition) is 2. The molecular weight excluding hydrogens is 256 g/mol. The molecule has 0 amide bonds. The molecule has 2 aliphatic heterocycles. The number of ether oxygens (including phenoxy) is 1. The lowest BCUT2D eigenvalue weighted by Gasteiger charge is -2.22. The van der Waals surface area contributed by atoms with Crippen molar-refractivity contribution in [2.45, 2.75) is 37.8 Å². The number of fused-ring (bicyclic) bond motifs is 3. The minimum atomic E-state index is -1.18. The molecule has 0 fully saturated rings. The normalized spacial score (nSPS) is 28.4. The lowest BCUT2D eigenvalue weighted by atomic mass is 9.88. The molecule has 5 heteroatoms. The first kappa shape index (κ1) is 13.2. The Hall–Kier alpha value is -1.75. The van der Waals surface area contributed by atoms with Gasteiger partial charge in [0.25, 0.3) is 0 Å². The fourth-order valence-corrected chi connectivity index (χ4v) is 3.23. The van der Waals surface area contributed by atoms with E-state index in [4.69, 9.17) is 10.5 Å². The van der Waals surface area contributed by atoms with Gasteiger partial charge in [0.2, 0.25) is 0 Å². The summed E-state index contributed by atoms with van der Waals surface area (Å²) in [5.41, 5.74) is 8.22. The summed E-state index contributed by atoms with van der Waals surface area (Å²) in [6, 6.07) is 3.90. The second-order valence-corrected chi connectivity index (χ2v) is 5.99. The number of aliphatic carboxylic acids is 1. The second-order valence-electron chi connectivity index (χ2n) is 5.99. The molecule has 2 heterocycles. The van der Waals surface area contributed by atoms with E-state index >= 15 is 0 Å². The molecule has 108 valence electrons. The topological polar surface area (TPSA) is 75.8 Å². The first-order chi connectivity index (χ1) is 9.40. The zero-order chi connectivity index (χ0) is 14.5. The molecular formula is C15H20N2O3. The first-order valence-electron chi connectivity index (χ1n) is 6.95. The van der Waals surface area contributed by atoms with Crippen molar-refractivity contribution in [1.82, 2.24) is 0 Å². The van der Waals surface area contributed by atoms with Crippen molar-refractivity contribution in [3.05, 3.63) is 23.3 Å². The summed E-state index contributed by atoms with van der Waals surface area (Å²) in [6.07, 6.45) is 1.85. The van der Waals surface area contributed by atoms with E-state index in [-0.39, 0.29) is 6.10 Å². The highest BCUT2D eigenvalue weighted by Crippen LogP contribution is 2.41. The van der Waals surface area contributed by atoms with Crippen LogP contribution in [0.4, 0.5) is 5.69 Å². The van der Waals surface area contributed by atoms with Crippen LogP contribution in [0.15, 0.2) is 12.1 Å². The lowest BCUT2D eigenvalue weighted by Crippen LogP contribution is -2.50. The largest absolute Gasteiger partial charge is 0.490 e. The van der Waals surface area contributed by atoms with Crippen molar-refractivity contribution in [3.63, 3.8) is 0 Å². The molecule has 3 rings (SSSR count). The van der Waals surface area contributed by atoms with Crippen molar-refractivity contribution in [1.29, 1.82) is 0 Å². The molecule has 0 bridgehead atoms. The predicted molar refractivity (Wildman–Crippen MR) is 76.4 cm³/mol. The molecule has 20 heavy (non-hydrogen) atoms. The number of rotatable bonds is 1. The Morgan fingerprint density at radius 3 is 3.00 bits per heavy atom. The number of benzene rings is 1. The Kier molecular flexibility index (Phi) is 2.90. The van der Waals surface area contributed by atoms with Gasteiger partial charge in [0.1, 0.15) is 17.4 Å². The highest BCUT2D eigenvalue weighted by molar-refractivity contribution is 5.80. The van der Waals surface area contributed by atoms with Crippen molar-refractivity contribution in [2.24, 2.45) is 5.73 Å². The fourth-order valence-electron chi connectivity index (χ4n) is 3.23. The molecule has 5 nitrogen and oxygen atoms in total. The van der Waals surface area contributed by atoms with Gasteiger partial charge in [-0.05, 0) is 25.0 Å². The van der Waals surface area contributed by atoms with E-state index in [1.165, 1.54) is 5.56 Å². The van der Waals surface area contributed by atoms with E-state index in [1.807, 2.05) is 26.1 Å². The van der Waals surface area contributed by atoms with Crippen LogP contribution in [0.1, 0.15) is 24.5 Å². The van der Waals surface area contributed by atoms with Crippen molar-refractivity contribution < 1.29 is 14.6 Å². The van der Waals surface area contributed by atoms with Gasteiger partial charge in [0.15, 0.2) is 0 Å². The number of nitrogens with two attached hydrogens (primary N) is 1. The SMILES string of the molecule is CC1Cc2c(ccc3c2N(C)CCC(N)(C(=O)O)C3)O1. The Labute approximate surface area is 118 Å². The molecule has 2 unspecified atom stereocenters. The molecule has 0 saturated carbocycles. The van der Waals surface area contributed by atoms with E-state index in [0.717, 1.165) is 23.4 Å². The van der Waals surface area contributed by atoms with Crippen LogP contribution in [0.5, 0.6) is 5.75 Å². The average Bonchev–Trinajstić information content (AvgIpc) is 2.69. The maximum absolute atomic E-state index is 11.5. The van der Waals surface area contributed by atoms with Crippen LogP contribution in [0.3, 0.4) is 0 Å². The quantitative estimate of drug-likeness (QED) is 0.805. The van der Waals surface area contributed by atoms with Crippen LogP contribution in [0, 0.1) is 0 Å². The van der Waals surface area contributed by atoms with Gasteiger partial charge in [-0.25, -0.2) is 0 Å². The van der Waals surface area contributed by atoms with Crippen molar-refractivity contribution in [3.8, 4) is 5.75 Å². The molecule has 0 aromatic heterocycles. The molecule has 0 saturated heterocycles. The number of anilines is 1. The Morgan fingerprint density at radius 2 is 2.30 bits per heavy atom. The third-order valence-electron chi connectivity index (χ3n) is 4.35. The fraction of sp³-hybridized carbons (Fsp3) is 0.533. The molecule has 1 aromatic rings. The van der Waals surface area contributed by atoms with E-state index in [0.29, 0.717) is 19.4 Å². The number of carbonyl (C=O) groups is 1. The van der Waals surface area contributed by atoms with Crippen LogP contribution < -0.4 is 15.4 Å². The molecule has 2 atom stereocenters. The number of carboxylic acid groups (broad SMARTS) is 1. The highest BCUT2D eigenvalue weighted by Gasteiger charge is 2.39. The van der Waals surface area contributed by atoms with Crippen LogP contribution in [0.2, 0.25) is 0 Å². The standard InChI is InChI=1S/C15H20N2O3/c1-9-7-11-12(20-9)4-3-10-8-15(16,14(18)19)5-6-17(2)13(10)11/h3-4,9H,5-8,16H2,1-2H3,(H,18,19). The van der Waals surface area contributed by atoms with E-state index in [2.05, 4.69) is 4.90 Å². The molecule has 0 spiro atoms. The summed E-state index contributed by atoms with van der Waals surface area (Å²) in [6.45, 7) is 2.69. The van der Waals surface area contributed by atoms with Crippen LogP contribution in [-0.2, 0) is 17.6 Å². The minimum Gasteiger partial charge on any atom is -0.490 e. The van der Waals surface area contributed by atoms with Crippen molar-refractivity contribution in [2.75, 3.05) is 18.5 Å².